The molecule has 174 valence electrons. The molecule has 2 heterocycles. The van der Waals surface area contributed by atoms with Gasteiger partial charge in [0.2, 0.25) is 5.88 Å². The summed E-state index contributed by atoms with van der Waals surface area (Å²) < 4.78 is 1.80. The van der Waals surface area contributed by atoms with Crippen molar-refractivity contribution in [3.63, 3.8) is 0 Å². The van der Waals surface area contributed by atoms with Crippen LogP contribution in [-0.2, 0) is 6.54 Å². The van der Waals surface area contributed by atoms with Crippen LogP contribution in [0.15, 0.2) is 120 Å². The van der Waals surface area contributed by atoms with Crippen LogP contribution in [0.1, 0.15) is 16.0 Å². The number of thiazole rings is 1. The number of fused-ring (bicyclic) bond motifs is 2. The summed E-state index contributed by atoms with van der Waals surface area (Å²) in [6.07, 6.45) is 3.80. The molecule has 6 rings (SSSR count). The molecule has 4 nitrogen and oxygen atoms in total. The van der Waals surface area contributed by atoms with Crippen molar-refractivity contribution in [2.24, 2.45) is 9.98 Å². The zero-order chi connectivity index (χ0) is 24.5. The van der Waals surface area contributed by atoms with Gasteiger partial charge in [-0.05, 0) is 23.6 Å². The maximum Gasteiger partial charge on any atom is 0.211 e. The summed E-state index contributed by atoms with van der Waals surface area (Å²) in [6, 6.07) is 32.5. The molecular formula is C31H23N3OS. The first kappa shape index (κ1) is 22.0. The lowest BCUT2D eigenvalue weighted by atomic mass is 9.97. The summed E-state index contributed by atoms with van der Waals surface area (Å²) in [7, 11) is 0. The predicted octanol–water partition coefficient (Wildman–Crippen LogP) is 7.50. The molecular weight excluding hydrogens is 462 g/mol. The lowest BCUT2D eigenvalue weighted by molar-refractivity contribution is 0.421. The van der Waals surface area contributed by atoms with E-state index < -0.39 is 0 Å². The second-order valence-electron chi connectivity index (χ2n) is 8.48. The molecule has 1 aromatic heterocycles. The van der Waals surface area contributed by atoms with Gasteiger partial charge >= 0.3 is 0 Å². The van der Waals surface area contributed by atoms with Crippen molar-refractivity contribution in [3.8, 4) is 5.88 Å². The van der Waals surface area contributed by atoms with Crippen LogP contribution in [-0.4, -0.2) is 15.4 Å². The highest BCUT2D eigenvalue weighted by Gasteiger charge is 2.23. The zero-order valence-electron chi connectivity index (χ0n) is 19.5. The fourth-order valence-electron chi connectivity index (χ4n) is 4.50. The van der Waals surface area contributed by atoms with Gasteiger partial charge in [-0.15, -0.1) is 6.58 Å². The van der Waals surface area contributed by atoms with E-state index in [1.165, 1.54) is 11.3 Å². The molecule has 0 amide bonds. The van der Waals surface area contributed by atoms with E-state index in [-0.39, 0.29) is 5.88 Å². The largest absolute Gasteiger partial charge is 0.493 e. The third kappa shape index (κ3) is 3.89. The van der Waals surface area contributed by atoms with E-state index in [9.17, 15) is 5.11 Å². The molecule has 0 aliphatic carbocycles. The van der Waals surface area contributed by atoms with E-state index in [2.05, 4.69) is 43.0 Å². The summed E-state index contributed by atoms with van der Waals surface area (Å²) in [5, 5.41) is 13.5. The fourth-order valence-corrected chi connectivity index (χ4v) is 5.49. The summed E-state index contributed by atoms with van der Waals surface area (Å²) in [6.45, 7) is 4.34. The van der Waals surface area contributed by atoms with Crippen LogP contribution in [0, 0.1) is 0 Å². The first-order valence-corrected chi connectivity index (χ1v) is 12.6. The van der Waals surface area contributed by atoms with E-state index >= 15 is 0 Å². The Morgan fingerprint density at radius 3 is 2.50 bits per heavy atom. The topological polar surface area (TPSA) is 49.9 Å². The molecule has 4 aromatic carbocycles. The van der Waals surface area contributed by atoms with E-state index in [0.29, 0.717) is 11.3 Å². The van der Waals surface area contributed by atoms with E-state index in [0.717, 1.165) is 49.4 Å². The maximum absolute atomic E-state index is 11.3. The van der Waals surface area contributed by atoms with E-state index in [1.54, 1.807) is 10.6 Å². The Bertz CT molecular complexity index is 1730. The smallest absolute Gasteiger partial charge is 0.211 e. The second-order valence-corrected chi connectivity index (χ2v) is 9.49. The summed E-state index contributed by atoms with van der Waals surface area (Å²) in [4.78, 5) is 11.3. The Balaban J connectivity index is 1.54. The minimum atomic E-state index is 0.170. The van der Waals surface area contributed by atoms with E-state index in [4.69, 9.17) is 9.98 Å². The Hall–Kier alpha value is -4.48. The predicted molar refractivity (Wildman–Crippen MR) is 150 cm³/mol. The molecule has 0 atom stereocenters. The molecule has 36 heavy (non-hydrogen) atoms. The minimum Gasteiger partial charge on any atom is -0.493 e. The number of hydrogen-bond acceptors (Lipinski definition) is 4. The van der Waals surface area contributed by atoms with Crippen molar-refractivity contribution >= 4 is 50.8 Å². The SMILES string of the molecule is C=CCn1c(O)c(C=C2C(c3ccccc3)=Nc3ccccc32)sc1=Nc1cccc2ccccc12. The Labute approximate surface area is 213 Å². The number of hydrogen-bond donors (Lipinski definition) is 1. The van der Waals surface area contributed by atoms with Gasteiger partial charge in [0.25, 0.3) is 0 Å². The van der Waals surface area contributed by atoms with Crippen LogP contribution in [0.25, 0.3) is 22.4 Å². The number of aliphatic imine (C=N–C) groups is 1. The molecule has 1 aliphatic rings. The zero-order valence-corrected chi connectivity index (χ0v) is 20.3. The van der Waals surface area contributed by atoms with Gasteiger partial charge in [0.15, 0.2) is 4.80 Å². The Kier molecular flexibility index (Phi) is 5.68. The van der Waals surface area contributed by atoms with E-state index in [1.807, 2.05) is 66.7 Å². The number of aromatic nitrogens is 1. The molecule has 0 fully saturated rings. The average molecular weight is 486 g/mol. The first-order valence-electron chi connectivity index (χ1n) is 11.7. The van der Waals surface area contributed by atoms with Crippen molar-refractivity contribution in [2.75, 3.05) is 0 Å². The lowest BCUT2D eigenvalue weighted by Crippen LogP contribution is -2.12. The molecule has 5 heteroatoms. The van der Waals surface area contributed by atoms with Crippen LogP contribution >= 0.6 is 11.3 Å². The highest BCUT2D eigenvalue weighted by Crippen LogP contribution is 2.39. The van der Waals surface area contributed by atoms with Crippen molar-refractivity contribution < 1.29 is 5.11 Å². The summed E-state index contributed by atoms with van der Waals surface area (Å²) in [5.41, 5.74) is 5.76. The molecule has 0 saturated carbocycles. The highest BCUT2D eigenvalue weighted by molar-refractivity contribution is 7.10. The van der Waals surface area contributed by atoms with Gasteiger partial charge in [0, 0.05) is 28.6 Å². The number of para-hydroxylation sites is 1. The normalized spacial score (nSPS) is 14.3. The number of nitrogens with zero attached hydrogens (tertiary/aromatic N) is 3. The number of benzene rings is 4. The second kappa shape index (κ2) is 9.29. The van der Waals surface area contributed by atoms with Gasteiger partial charge in [-0.25, -0.2) is 9.98 Å². The van der Waals surface area contributed by atoms with Gasteiger partial charge in [-0.3, -0.25) is 4.57 Å². The average Bonchev–Trinajstić information content (AvgIpc) is 3.43. The van der Waals surface area contributed by atoms with Crippen LogP contribution in [0.2, 0.25) is 0 Å². The van der Waals surface area contributed by atoms with Gasteiger partial charge in [-0.2, -0.15) is 0 Å². The van der Waals surface area contributed by atoms with Gasteiger partial charge in [0.1, 0.15) is 0 Å². The first-order chi connectivity index (χ1) is 17.7. The molecule has 0 unspecified atom stereocenters. The Morgan fingerprint density at radius 2 is 1.64 bits per heavy atom. The van der Waals surface area contributed by atoms with Crippen molar-refractivity contribution in [2.45, 2.75) is 6.54 Å². The van der Waals surface area contributed by atoms with Gasteiger partial charge in [-0.1, -0.05) is 102 Å². The minimum absolute atomic E-state index is 0.170. The maximum atomic E-state index is 11.3. The van der Waals surface area contributed by atoms with Crippen LogP contribution in [0.3, 0.4) is 0 Å². The third-order valence-corrected chi connectivity index (χ3v) is 7.22. The van der Waals surface area contributed by atoms with Crippen molar-refractivity contribution in [1.29, 1.82) is 0 Å². The summed E-state index contributed by atoms with van der Waals surface area (Å²) in [5.74, 6) is 0.170. The van der Waals surface area contributed by atoms with Crippen LogP contribution < -0.4 is 4.80 Å². The quantitative estimate of drug-likeness (QED) is 0.257. The standard InChI is InChI=1S/C31H23N3OS/c1-2-19-34-30(35)28(36-31(34)33-26-18-10-14-21-11-6-7-15-23(21)26)20-25-24-16-8-9-17-27(24)32-29(25)22-12-4-3-5-13-22/h2-18,20,35H,1,19H2. The molecule has 0 spiro atoms. The fraction of sp³-hybridized carbons (Fsp3) is 0.0323. The van der Waals surface area contributed by atoms with Gasteiger partial charge < -0.3 is 5.11 Å². The Morgan fingerprint density at radius 1 is 0.889 bits per heavy atom. The van der Waals surface area contributed by atoms with Crippen molar-refractivity contribution in [1.82, 2.24) is 4.57 Å². The molecule has 0 radical (unpaired) electrons. The molecule has 1 N–H and O–H groups in total. The molecule has 0 saturated heterocycles. The highest BCUT2D eigenvalue weighted by atomic mass is 32.1. The number of allylic oxidation sites excluding steroid dienone is 2. The monoisotopic (exact) mass is 485 g/mol. The number of aromatic hydroxyl groups is 1. The van der Waals surface area contributed by atoms with Crippen molar-refractivity contribution in [3.05, 3.63) is 131 Å². The third-order valence-electron chi connectivity index (χ3n) is 6.21. The lowest BCUT2D eigenvalue weighted by Gasteiger charge is -2.06. The van der Waals surface area contributed by atoms with Crippen LogP contribution in [0.4, 0.5) is 11.4 Å². The van der Waals surface area contributed by atoms with Gasteiger partial charge in [0.05, 0.1) is 22.0 Å². The van der Waals surface area contributed by atoms with Crippen LogP contribution in [0.5, 0.6) is 5.88 Å². The number of rotatable bonds is 5. The molecule has 1 aliphatic heterocycles. The molecule has 5 aromatic rings. The molecule has 0 bridgehead atoms. The summed E-state index contributed by atoms with van der Waals surface area (Å²) >= 11 is 1.46.